The van der Waals surface area contributed by atoms with E-state index in [9.17, 15) is 22.8 Å². The van der Waals surface area contributed by atoms with Gasteiger partial charge in [0.15, 0.2) is 11.7 Å². The van der Waals surface area contributed by atoms with Crippen molar-refractivity contribution in [2.24, 2.45) is 0 Å². The molecule has 170 valence electrons. The number of thiophene rings is 1. The Hall–Kier alpha value is -2.48. The van der Waals surface area contributed by atoms with Crippen molar-refractivity contribution in [1.82, 2.24) is 10.3 Å². The quantitative estimate of drug-likeness (QED) is 0.418. The molecule has 0 saturated heterocycles. The van der Waals surface area contributed by atoms with E-state index in [4.69, 9.17) is 0 Å². The number of aryl methyl sites for hydroxylation is 1. The lowest BCUT2D eigenvalue weighted by Gasteiger charge is -2.18. The predicted molar refractivity (Wildman–Crippen MR) is 126 cm³/mol. The molecule has 1 atom stereocenters. The number of rotatable bonds is 2. The van der Waals surface area contributed by atoms with Crippen molar-refractivity contribution in [1.29, 1.82) is 5.26 Å². The molecule has 0 bridgehead atoms. The average Bonchev–Trinajstić information content (AvgIpc) is 3.38. The molecule has 0 spiro atoms. The van der Waals surface area contributed by atoms with Gasteiger partial charge in [-0.25, -0.2) is 13.2 Å². The number of dihydropyridines is 1. The number of thioether (sulfide) groups is 2. The van der Waals surface area contributed by atoms with Crippen molar-refractivity contribution in [3.63, 3.8) is 0 Å². The Morgan fingerprint density at radius 3 is 2.45 bits per heavy atom. The van der Waals surface area contributed by atoms with E-state index in [1.54, 1.807) is 47.0 Å². The van der Waals surface area contributed by atoms with Gasteiger partial charge in [-0.15, -0.1) is 11.3 Å². The molecule has 2 aliphatic rings. The van der Waals surface area contributed by atoms with Crippen LogP contribution < -0.4 is 15.2 Å². The minimum absolute atomic E-state index is 0.0809. The van der Waals surface area contributed by atoms with Crippen molar-refractivity contribution in [3.05, 3.63) is 82.6 Å². The molecule has 0 saturated carbocycles. The van der Waals surface area contributed by atoms with Gasteiger partial charge in [0.2, 0.25) is 12.2 Å². The molecule has 4 heterocycles. The van der Waals surface area contributed by atoms with Gasteiger partial charge < -0.3 is 5.32 Å². The van der Waals surface area contributed by atoms with Gasteiger partial charge in [0, 0.05) is 15.9 Å². The van der Waals surface area contributed by atoms with Crippen LogP contribution in [0.1, 0.15) is 26.3 Å². The molecule has 0 aliphatic carbocycles. The Labute approximate surface area is 199 Å². The molecule has 0 radical (unpaired) electrons. The monoisotopic (exact) mass is 507 g/mol. The molecule has 2 aromatic rings. The summed E-state index contributed by atoms with van der Waals surface area (Å²) in [5, 5.41) is 11.6. The minimum atomic E-state index is -2.58. The second-order valence-electron chi connectivity index (χ2n) is 7.20. The van der Waals surface area contributed by atoms with Gasteiger partial charge >= 0.3 is 0 Å². The molecule has 2 aromatic heterocycles. The zero-order chi connectivity index (χ0) is 23.9. The van der Waals surface area contributed by atoms with Gasteiger partial charge in [0.05, 0.1) is 25.3 Å². The number of nitrogens with one attached hydrogen (secondary N) is 1. The summed E-state index contributed by atoms with van der Waals surface area (Å²) in [5.74, 6) is -4.93. The molecular weight excluding hydrogens is 490 g/mol. The third-order valence-electron chi connectivity index (χ3n) is 5.16. The first-order valence-electron chi connectivity index (χ1n) is 9.88. The summed E-state index contributed by atoms with van der Waals surface area (Å²) in [4.78, 5) is 6.74. The van der Waals surface area contributed by atoms with Crippen LogP contribution in [-0.4, -0.2) is 11.3 Å². The molecular formula is C23H17F4N3S3. The second-order valence-corrected chi connectivity index (χ2v) is 11.0. The molecule has 0 aromatic carbocycles. The van der Waals surface area contributed by atoms with Crippen LogP contribution in [0.15, 0.2) is 57.4 Å². The summed E-state index contributed by atoms with van der Waals surface area (Å²) in [6.45, 7) is 6.28. The van der Waals surface area contributed by atoms with Crippen LogP contribution in [0.4, 0.5) is 17.6 Å². The molecule has 33 heavy (non-hydrogen) atoms. The van der Waals surface area contributed by atoms with Crippen LogP contribution in [0.25, 0.3) is 9.81 Å². The minimum Gasteiger partial charge on any atom is -0.324 e. The first-order valence-corrected chi connectivity index (χ1v) is 12.3. The second kappa shape index (κ2) is 9.41. The lowest BCUT2D eigenvalue weighted by atomic mass is 10.0. The number of hydrogen-bond acceptors (Lipinski definition) is 6. The lowest BCUT2D eigenvalue weighted by Crippen LogP contribution is -2.29. The highest BCUT2D eigenvalue weighted by atomic mass is 32.2. The van der Waals surface area contributed by atoms with Gasteiger partial charge in [-0.2, -0.15) is 9.65 Å². The number of halogens is 4. The fourth-order valence-electron chi connectivity index (χ4n) is 3.28. The number of hydrogen-bond donors (Lipinski definition) is 1. The van der Waals surface area contributed by atoms with Crippen LogP contribution in [-0.2, 0) is 6.42 Å². The molecule has 0 amide bonds. The number of aromatic nitrogens is 1. The van der Waals surface area contributed by atoms with Gasteiger partial charge in [-0.3, -0.25) is 4.98 Å². The van der Waals surface area contributed by atoms with E-state index in [1.807, 2.05) is 0 Å². The number of nitrogens with zero attached hydrogens (tertiary/aromatic N) is 2. The van der Waals surface area contributed by atoms with E-state index < -0.39 is 35.0 Å². The maximum absolute atomic E-state index is 14.2. The van der Waals surface area contributed by atoms with Gasteiger partial charge in [0.25, 0.3) is 0 Å². The largest absolute Gasteiger partial charge is 0.324 e. The van der Waals surface area contributed by atoms with E-state index in [2.05, 4.69) is 31.8 Å². The van der Waals surface area contributed by atoms with E-state index >= 15 is 0 Å². The summed E-state index contributed by atoms with van der Waals surface area (Å²) in [6, 6.07) is 6.81. The smallest absolute Gasteiger partial charge is 0.226 e. The topological polar surface area (TPSA) is 48.7 Å². The fraction of sp³-hybridized carbons (Fsp3) is 0.217. The van der Waals surface area contributed by atoms with Gasteiger partial charge in [0.1, 0.15) is 6.07 Å². The number of pyridine rings is 1. The lowest BCUT2D eigenvalue weighted by molar-refractivity contribution is 0.255. The molecule has 2 aliphatic heterocycles. The summed E-state index contributed by atoms with van der Waals surface area (Å²) >= 11 is 5.14. The molecule has 0 fully saturated rings. The Kier molecular flexibility index (Phi) is 6.75. The zero-order valence-corrected chi connectivity index (χ0v) is 20.2. The van der Waals surface area contributed by atoms with Gasteiger partial charge in [-0.05, 0) is 53.8 Å². The van der Waals surface area contributed by atoms with Crippen molar-refractivity contribution < 1.29 is 17.6 Å². The predicted octanol–water partition coefficient (Wildman–Crippen LogP) is 5.69. The standard InChI is InChI=1S/C23H17F4N3S3/c1-4-12-7-16(33-20(12)23-31-10(2)11(3)32-23)13-5-6-15(29-9-13)14(8-28)17-18(24)21(26)30-22(27)19(17)25/h5-7,9,21,30H,4H2,1-3H3/b15-14-,16-13+. The third kappa shape index (κ3) is 4.37. The number of allylic oxidation sites excluding steroid dienone is 4. The average molecular weight is 508 g/mol. The van der Waals surface area contributed by atoms with Crippen LogP contribution in [0, 0.1) is 21.1 Å². The van der Waals surface area contributed by atoms with Crippen LogP contribution in [0.5, 0.6) is 0 Å². The van der Waals surface area contributed by atoms with E-state index in [0.29, 0.717) is 0 Å². The van der Waals surface area contributed by atoms with E-state index in [-0.39, 0.29) is 5.35 Å². The third-order valence-corrected chi connectivity index (χ3v) is 9.29. The first kappa shape index (κ1) is 23.7. The Morgan fingerprint density at radius 1 is 1.18 bits per heavy atom. The SMILES string of the molecule is CCc1c/c(=c2/cc/c(=C(\C#N)C3=C(F)C(F)NC(F)=C3F)nc2)sc1=C1SC(C)=C(C)S1. The summed E-state index contributed by atoms with van der Waals surface area (Å²) in [7, 11) is 0. The summed E-state index contributed by atoms with van der Waals surface area (Å²) < 4.78 is 59.1. The first-order chi connectivity index (χ1) is 15.7. The van der Waals surface area contributed by atoms with Crippen molar-refractivity contribution in [2.45, 2.75) is 33.5 Å². The highest BCUT2D eigenvalue weighted by Gasteiger charge is 2.32. The Balaban J connectivity index is 1.89. The normalized spacial score (nSPS) is 20.9. The maximum atomic E-state index is 14.2. The van der Waals surface area contributed by atoms with Crippen molar-refractivity contribution >= 4 is 44.7 Å². The van der Waals surface area contributed by atoms with Crippen molar-refractivity contribution in [3.8, 4) is 6.07 Å². The van der Waals surface area contributed by atoms with E-state index in [0.717, 1.165) is 16.2 Å². The zero-order valence-electron chi connectivity index (χ0n) is 17.7. The highest BCUT2D eigenvalue weighted by Crippen LogP contribution is 2.49. The molecule has 4 rings (SSSR count). The summed E-state index contributed by atoms with van der Waals surface area (Å²) in [6.07, 6.45) is -0.236. The Morgan fingerprint density at radius 2 is 1.88 bits per heavy atom. The molecule has 1 unspecified atom stereocenters. The van der Waals surface area contributed by atoms with Gasteiger partial charge in [-0.1, -0.05) is 30.4 Å². The number of nitriles is 1. The van der Waals surface area contributed by atoms with Crippen molar-refractivity contribution in [2.75, 3.05) is 0 Å². The van der Waals surface area contributed by atoms with Crippen LogP contribution in [0.3, 0.4) is 0 Å². The fourth-order valence-corrected chi connectivity index (χ4v) is 7.31. The van der Waals surface area contributed by atoms with Crippen LogP contribution in [0.2, 0.25) is 0 Å². The summed E-state index contributed by atoms with van der Waals surface area (Å²) in [5.41, 5.74) is -0.430. The number of alkyl halides is 1. The molecule has 10 heteroatoms. The molecule has 1 N–H and O–H groups in total. The molecule has 3 nitrogen and oxygen atoms in total. The van der Waals surface area contributed by atoms with Crippen LogP contribution >= 0.6 is 34.9 Å². The Bertz CT molecular complexity index is 1470. The highest BCUT2D eigenvalue weighted by molar-refractivity contribution is 8.35. The maximum Gasteiger partial charge on any atom is 0.226 e. The van der Waals surface area contributed by atoms with E-state index in [1.165, 1.54) is 41.7 Å².